The van der Waals surface area contributed by atoms with Crippen molar-refractivity contribution in [3.05, 3.63) is 51.9 Å². The van der Waals surface area contributed by atoms with Crippen molar-refractivity contribution in [2.24, 2.45) is 0 Å². The van der Waals surface area contributed by atoms with Gasteiger partial charge in [-0.15, -0.1) is 0 Å². The van der Waals surface area contributed by atoms with Crippen LogP contribution in [0.4, 0.5) is 0 Å². The third-order valence-electron chi connectivity index (χ3n) is 4.24. The second-order valence-corrected chi connectivity index (χ2v) is 5.88. The first-order valence-electron chi connectivity index (χ1n) is 7.77. The summed E-state index contributed by atoms with van der Waals surface area (Å²) in [7, 11) is 0. The SMILES string of the molecule is Cc1ccccc1-n1nc(CNC2CCCC2)c(O)cc1=O. The van der Waals surface area contributed by atoms with Gasteiger partial charge >= 0.3 is 0 Å². The minimum atomic E-state index is -0.323. The van der Waals surface area contributed by atoms with E-state index >= 15 is 0 Å². The van der Waals surface area contributed by atoms with Crippen LogP contribution >= 0.6 is 0 Å². The fourth-order valence-corrected chi connectivity index (χ4v) is 2.95. The molecule has 1 aliphatic carbocycles. The third kappa shape index (κ3) is 3.04. The van der Waals surface area contributed by atoms with E-state index in [1.807, 2.05) is 31.2 Å². The van der Waals surface area contributed by atoms with Gasteiger partial charge in [0, 0.05) is 18.7 Å². The van der Waals surface area contributed by atoms with Gasteiger partial charge in [0.2, 0.25) is 0 Å². The normalized spacial score (nSPS) is 15.3. The lowest BCUT2D eigenvalue weighted by Gasteiger charge is -2.14. The van der Waals surface area contributed by atoms with Gasteiger partial charge in [-0.3, -0.25) is 4.79 Å². The van der Waals surface area contributed by atoms with Crippen molar-refractivity contribution in [2.75, 3.05) is 0 Å². The van der Waals surface area contributed by atoms with E-state index in [4.69, 9.17) is 0 Å². The maximum Gasteiger partial charge on any atom is 0.275 e. The van der Waals surface area contributed by atoms with Crippen LogP contribution < -0.4 is 10.9 Å². The van der Waals surface area contributed by atoms with Gasteiger partial charge in [0.1, 0.15) is 11.4 Å². The van der Waals surface area contributed by atoms with E-state index < -0.39 is 0 Å². The van der Waals surface area contributed by atoms with Crippen LogP contribution in [0.1, 0.15) is 36.9 Å². The van der Waals surface area contributed by atoms with E-state index in [0.717, 1.165) is 24.1 Å². The maximum atomic E-state index is 12.1. The molecule has 116 valence electrons. The van der Waals surface area contributed by atoms with Gasteiger partial charge in [0.25, 0.3) is 5.56 Å². The zero-order valence-electron chi connectivity index (χ0n) is 12.7. The van der Waals surface area contributed by atoms with E-state index in [1.165, 1.54) is 23.6 Å². The highest BCUT2D eigenvalue weighted by atomic mass is 16.3. The summed E-state index contributed by atoms with van der Waals surface area (Å²) < 4.78 is 1.36. The van der Waals surface area contributed by atoms with Gasteiger partial charge in [-0.1, -0.05) is 31.0 Å². The van der Waals surface area contributed by atoms with Gasteiger partial charge < -0.3 is 10.4 Å². The van der Waals surface area contributed by atoms with Crippen molar-refractivity contribution in [1.82, 2.24) is 15.1 Å². The molecule has 0 saturated heterocycles. The number of benzene rings is 1. The molecule has 1 aromatic heterocycles. The van der Waals surface area contributed by atoms with E-state index in [9.17, 15) is 9.90 Å². The van der Waals surface area contributed by atoms with Crippen LogP contribution in [0.25, 0.3) is 5.69 Å². The number of hydrogen-bond acceptors (Lipinski definition) is 4. The van der Waals surface area contributed by atoms with Gasteiger partial charge in [0.15, 0.2) is 0 Å². The second kappa shape index (κ2) is 6.32. The number of hydrogen-bond donors (Lipinski definition) is 2. The van der Waals surface area contributed by atoms with Crippen LogP contribution in [0.3, 0.4) is 0 Å². The molecule has 5 heteroatoms. The number of nitrogens with one attached hydrogen (secondary N) is 1. The zero-order chi connectivity index (χ0) is 15.5. The molecular weight excluding hydrogens is 278 g/mol. The second-order valence-electron chi connectivity index (χ2n) is 5.88. The van der Waals surface area contributed by atoms with Gasteiger partial charge in [-0.25, -0.2) is 0 Å². The van der Waals surface area contributed by atoms with Crippen molar-refractivity contribution in [3.8, 4) is 11.4 Å². The fraction of sp³-hybridized carbons (Fsp3) is 0.412. The number of aromatic hydroxyl groups is 1. The quantitative estimate of drug-likeness (QED) is 0.909. The van der Waals surface area contributed by atoms with Crippen LogP contribution in [0, 0.1) is 6.92 Å². The van der Waals surface area contributed by atoms with Crippen LogP contribution in [0.15, 0.2) is 35.1 Å². The van der Waals surface area contributed by atoms with Crippen LogP contribution in [-0.2, 0) is 6.54 Å². The molecular formula is C17H21N3O2. The number of nitrogens with zero attached hydrogens (tertiary/aromatic N) is 2. The summed E-state index contributed by atoms with van der Waals surface area (Å²) in [5.41, 5.74) is 1.90. The Bertz CT molecular complexity index is 718. The Kier molecular flexibility index (Phi) is 4.24. The lowest BCUT2D eigenvalue weighted by Crippen LogP contribution is -2.28. The topological polar surface area (TPSA) is 67.2 Å². The smallest absolute Gasteiger partial charge is 0.275 e. The monoisotopic (exact) mass is 299 g/mol. The van der Waals surface area contributed by atoms with Crippen LogP contribution in [0.2, 0.25) is 0 Å². The molecule has 0 spiro atoms. The highest BCUT2D eigenvalue weighted by Gasteiger charge is 2.16. The standard InChI is InChI=1S/C17H21N3O2/c1-12-6-2-5-9-15(12)20-17(22)10-16(21)14(19-20)11-18-13-7-3-4-8-13/h2,5-6,9-10,13,18,21H,3-4,7-8,11H2,1H3. The Morgan fingerprint density at radius 3 is 2.77 bits per heavy atom. The van der Waals surface area contributed by atoms with Crippen molar-refractivity contribution in [3.63, 3.8) is 0 Å². The molecule has 1 aromatic carbocycles. The molecule has 1 aliphatic rings. The Morgan fingerprint density at radius 2 is 2.05 bits per heavy atom. The first-order chi connectivity index (χ1) is 10.6. The fourth-order valence-electron chi connectivity index (χ4n) is 2.95. The van der Waals surface area contributed by atoms with Crippen molar-refractivity contribution in [1.29, 1.82) is 0 Å². The molecule has 1 heterocycles. The highest BCUT2D eigenvalue weighted by molar-refractivity contribution is 5.40. The third-order valence-corrected chi connectivity index (χ3v) is 4.24. The summed E-state index contributed by atoms with van der Waals surface area (Å²) in [6.07, 6.45) is 4.83. The summed E-state index contributed by atoms with van der Waals surface area (Å²) in [6.45, 7) is 2.41. The molecule has 2 N–H and O–H groups in total. The van der Waals surface area contributed by atoms with Crippen LogP contribution in [-0.4, -0.2) is 20.9 Å². The van der Waals surface area contributed by atoms with E-state index in [2.05, 4.69) is 10.4 Å². The molecule has 22 heavy (non-hydrogen) atoms. The number of aryl methyl sites for hydroxylation is 1. The number of para-hydroxylation sites is 1. The first kappa shape index (κ1) is 14.8. The summed E-state index contributed by atoms with van der Waals surface area (Å²) in [5, 5.41) is 17.8. The molecule has 1 fully saturated rings. The summed E-state index contributed by atoms with van der Waals surface area (Å²) in [4.78, 5) is 12.1. The summed E-state index contributed by atoms with van der Waals surface area (Å²) >= 11 is 0. The minimum absolute atomic E-state index is 0.0414. The average Bonchev–Trinajstić information content (AvgIpc) is 3.01. The van der Waals surface area contributed by atoms with Crippen molar-refractivity contribution in [2.45, 2.75) is 45.2 Å². The summed E-state index contributed by atoms with van der Waals surface area (Å²) in [6, 6.07) is 9.32. The van der Waals surface area contributed by atoms with Crippen molar-refractivity contribution >= 4 is 0 Å². The Balaban J connectivity index is 1.89. The Labute approximate surface area is 129 Å². The average molecular weight is 299 g/mol. The van der Waals surface area contributed by atoms with Crippen LogP contribution in [0.5, 0.6) is 5.75 Å². The molecule has 5 nitrogen and oxygen atoms in total. The summed E-state index contributed by atoms with van der Waals surface area (Å²) in [5.74, 6) is -0.0414. The first-order valence-corrected chi connectivity index (χ1v) is 7.77. The molecule has 1 saturated carbocycles. The van der Waals surface area contributed by atoms with Crippen molar-refractivity contribution < 1.29 is 5.11 Å². The van der Waals surface area contributed by atoms with Gasteiger partial charge in [0.05, 0.1) is 5.69 Å². The minimum Gasteiger partial charge on any atom is -0.506 e. The van der Waals surface area contributed by atoms with Gasteiger partial charge in [-0.05, 0) is 31.4 Å². The Morgan fingerprint density at radius 1 is 1.32 bits per heavy atom. The lowest BCUT2D eigenvalue weighted by atomic mass is 10.2. The van der Waals surface area contributed by atoms with Gasteiger partial charge in [-0.2, -0.15) is 9.78 Å². The largest absolute Gasteiger partial charge is 0.506 e. The lowest BCUT2D eigenvalue weighted by molar-refractivity contribution is 0.441. The highest BCUT2D eigenvalue weighted by Crippen LogP contribution is 2.19. The zero-order valence-corrected chi connectivity index (χ0v) is 12.7. The van der Waals surface area contributed by atoms with E-state index in [0.29, 0.717) is 18.3 Å². The number of aromatic nitrogens is 2. The molecule has 0 atom stereocenters. The molecule has 2 aromatic rings. The predicted molar refractivity (Wildman–Crippen MR) is 85.3 cm³/mol. The Hall–Kier alpha value is -2.14. The molecule has 0 bridgehead atoms. The number of rotatable bonds is 4. The van der Waals surface area contributed by atoms with E-state index in [1.54, 1.807) is 0 Å². The maximum absolute atomic E-state index is 12.1. The predicted octanol–water partition coefficient (Wildman–Crippen LogP) is 2.28. The van der Waals surface area contributed by atoms with E-state index in [-0.39, 0.29) is 11.3 Å². The molecule has 0 amide bonds. The molecule has 0 aliphatic heterocycles. The molecule has 3 rings (SSSR count). The molecule has 0 unspecified atom stereocenters. The molecule has 0 radical (unpaired) electrons.